The Kier molecular flexibility index (Phi) is 1.94. The molecule has 1 aromatic rings. The normalized spacial score (nSPS) is 32.7. The van der Waals surface area contributed by atoms with Gasteiger partial charge in [-0.05, 0) is 12.5 Å². The van der Waals surface area contributed by atoms with Gasteiger partial charge in [-0.3, -0.25) is 4.90 Å². The van der Waals surface area contributed by atoms with Gasteiger partial charge in [-0.25, -0.2) is 4.79 Å². The van der Waals surface area contributed by atoms with Gasteiger partial charge >= 0.3 is 6.09 Å². The number of carbonyl (C=O) groups excluding carboxylic acids is 1. The summed E-state index contributed by atoms with van der Waals surface area (Å²) in [6.45, 7) is 3.08. The predicted molar refractivity (Wildman–Crippen MR) is 56.7 cm³/mol. The first-order valence-electron chi connectivity index (χ1n) is 5.38. The number of cyclic esters (lactones) is 1. The number of amides is 1. The van der Waals surface area contributed by atoms with Crippen molar-refractivity contribution in [2.45, 2.75) is 18.8 Å². The van der Waals surface area contributed by atoms with Gasteiger partial charge in [-0.15, -0.1) is 0 Å². The number of epoxide rings is 1. The zero-order valence-electron chi connectivity index (χ0n) is 9.05. The van der Waals surface area contributed by atoms with Gasteiger partial charge in [0.2, 0.25) is 0 Å². The van der Waals surface area contributed by atoms with E-state index < -0.39 is 0 Å². The van der Waals surface area contributed by atoms with E-state index in [0.717, 1.165) is 5.56 Å². The molecule has 0 aliphatic carbocycles. The van der Waals surface area contributed by atoms with E-state index in [1.807, 2.05) is 37.3 Å². The predicted octanol–water partition coefficient (Wildman–Crippen LogP) is 1.71. The number of nitrogens with zero attached hydrogens (tertiary/aromatic N) is 1. The number of rotatable bonds is 2. The number of hydrogen-bond acceptors (Lipinski definition) is 3. The van der Waals surface area contributed by atoms with E-state index in [9.17, 15) is 4.79 Å². The molecule has 2 aliphatic rings. The summed E-state index contributed by atoms with van der Waals surface area (Å²) in [5, 5.41) is 0. The molecule has 2 fully saturated rings. The van der Waals surface area contributed by atoms with Crippen LogP contribution in [0.5, 0.6) is 0 Å². The zero-order valence-corrected chi connectivity index (χ0v) is 9.05. The molecule has 2 atom stereocenters. The fourth-order valence-electron chi connectivity index (χ4n) is 2.16. The summed E-state index contributed by atoms with van der Waals surface area (Å²) < 4.78 is 10.6. The molecule has 4 nitrogen and oxygen atoms in total. The minimum absolute atomic E-state index is 0.176. The van der Waals surface area contributed by atoms with Crippen molar-refractivity contribution in [3.8, 4) is 0 Å². The maximum absolute atomic E-state index is 11.4. The van der Waals surface area contributed by atoms with Gasteiger partial charge in [0.25, 0.3) is 0 Å². The van der Waals surface area contributed by atoms with Crippen LogP contribution in [0, 0.1) is 0 Å². The van der Waals surface area contributed by atoms with Gasteiger partial charge in [0.15, 0.2) is 6.23 Å². The summed E-state index contributed by atoms with van der Waals surface area (Å²) in [7, 11) is 0. The lowest BCUT2D eigenvalue weighted by Crippen LogP contribution is -2.31. The third-order valence-corrected chi connectivity index (χ3v) is 3.19. The van der Waals surface area contributed by atoms with Crippen LogP contribution in [-0.4, -0.2) is 30.4 Å². The summed E-state index contributed by atoms with van der Waals surface area (Å²) in [5.41, 5.74) is 0.727. The van der Waals surface area contributed by atoms with E-state index >= 15 is 0 Å². The molecule has 0 spiro atoms. The van der Waals surface area contributed by atoms with E-state index in [1.54, 1.807) is 4.90 Å². The van der Waals surface area contributed by atoms with E-state index in [4.69, 9.17) is 9.47 Å². The molecule has 3 rings (SSSR count). The Hall–Kier alpha value is -1.55. The lowest BCUT2D eigenvalue weighted by molar-refractivity contribution is 0.144. The van der Waals surface area contributed by atoms with Crippen molar-refractivity contribution in [3.63, 3.8) is 0 Å². The molecule has 84 valence electrons. The number of carbonyl (C=O) groups is 1. The SMILES string of the molecule is C[C@@]1(c2ccccc2)O[C@@H]1N1CCOC1=O. The van der Waals surface area contributed by atoms with Crippen LogP contribution in [0.25, 0.3) is 0 Å². The Morgan fingerprint density at radius 1 is 1.38 bits per heavy atom. The molecular weight excluding hydrogens is 206 g/mol. The highest BCUT2D eigenvalue weighted by Crippen LogP contribution is 2.48. The molecule has 0 bridgehead atoms. The van der Waals surface area contributed by atoms with Gasteiger partial charge in [-0.2, -0.15) is 0 Å². The lowest BCUT2D eigenvalue weighted by Gasteiger charge is -2.12. The third-order valence-electron chi connectivity index (χ3n) is 3.19. The fourth-order valence-corrected chi connectivity index (χ4v) is 2.16. The van der Waals surface area contributed by atoms with Crippen LogP contribution < -0.4 is 0 Å². The lowest BCUT2D eigenvalue weighted by atomic mass is 10.0. The van der Waals surface area contributed by atoms with E-state index in [1.165, 1.54) is 0 Å². The van der Waals surface area contributed by atoms with Crippen LogP contribution in [0.4, 0.5) is 4.79 Å². The van der Waals surface area contributed by atoms with Crippen molar-refractivity contribution >= 4 is 6.09 Å². The quantitative estimate of drug-likeness (QED) is 0.711. The van der Waals surface area contributed by atoms with Crippen molar-refractivity contribution < 1.29 is 14.3 Å². The van der Waals surface area contributed by atoms with Crippen LogP contribution in [0.3, 0.4) is 0 Å². The number of benzene rings is 1. The second-order valence-corrected chi connectivity index (χ2v) is 4.25. The second-order valence-electron chi connectivity index (χ2n) is 4.25. The first-order chi connectivity index (χ1) is 7.72. The highest BCUT2D eigenvalue weighted by molar-refractivity contribution is 5.70. The topological polar surface area (TPSA) is 42.1 Å². The molecule has 2 saturated heterocycles. The summed E-state index contributed by atoms with van der Waals surface area (Å²) >= 11 is 0. The van der Waals surface area contributed by atoms with Gasteiger partial charge in [-0.1, -0.05) is 30.3 Å². The third kappa shape index (κ3) is 1.30. The highest BCUT2D eigenvalue weighted by atomic mass is 16.6. The molecule has 0 radical (unpaired) electrons. The Bertz CT molecular complexity index is 420. The Morgan fingerprint density at radius 2 is 2.12 bits per heavy atom. The highest BCUT2D eigenvalue weighted by Gasteiger charge is 2.59. The fraction of sp³-hybridized carbons (Fsp3) is 0.417. The molecule has 0 N–H and O–H groups in total. The first-order valence-corrected chi connectivity index (χ1v) is 5.38. The summed E-state index contributed by atoms with van der Waals surface area (Å²) in [6.07, 6.45) is -0.449. The van der Waals surface area contributed by atoms with Crippen molar-refractivity contribution in [1.29, 1.82) is 0 Å². The van der Waals surface area contributed by atoms with Crippen LogP contribution in [0.15, 0.2) is 30.3 Å². The zero-order chi connectivity index (χ0) is 11.2. The van der Waals surface area contributed by atoms with E-state index in [-0.39, 0.29) is 17.9 Å². The molecule has 4 heteroatoms. The van der Waals surface area contributed by atoms with E-state index in [2.05, 4.69) is 0 Å². The summed E-state index contributed by atoms with van der Waals surface area (Å²) in [4.78, 5) is 13.0. The van der Waals surface area contributed by atoms with Crippen molar-refractivity contribution in [2.24, 2.45) is 0 Å². The van der Waals surface area contributed by atoms with Crippen molar-refractivity contribution in [2.75, 3.05) is 13.2 Å². The van der Waals surface area contributed by atoms with Gasteiger partial charge in [0, 0.05) is 0 Å². The molecule has 16 heavy (non-hydrogen) atoms. The minimum Gasteiger partial charge on any atom is -0.447 e. The Balaban J connectivity index is 1.81. The average Bonchev–Trinajstić information content (AvgIpc) is 2.81. The standard InChI is InChI=1S/C12H13NO3/c1-12(9-5-3-2-4-6-9)10(16-12)13-7-8-15-11(13)14/h2-6,10H,7-8H2,1H3/t10-,12-/m0/s1. The van der Waals surface area contributed by atoms with Crippen LogP contribution in [0.1, 0.15) is 12.5 Å². The Labute approximate surface area is 93.8 Å². The summed E-state index contributed by atoms with van der Waals surface area (Å²) in [6, 6.07) is 9.94. The molecule has 0 aromatic heterocycles. The Morgan fingerprint density at radius 3 is 2.75 bits per heavy atom. The van der Waals surface area contributed by atoms with Gasteiger partial charge in [0.1, 0.15) is 12.2 Å². The van der Waals surface area contributed by atoms with Crippen LogP contribution >= 0.6 is 0 Å². The molecule has 1 aromatic carbocycles. The smallest absolute Gasteiger partial charge is 0.412 e. The molecule has 1 amide bonds. The maximum atomic E-state index is 11.4. The largest absolute Gasteiger partial charge is 0.447 e. The monoisotopic (exact) mass is 219 g/mol. The maximum Gasteiger partial charge on any atom is 0.412 e. The average molecular weight is 219 g/mol. The van der Waals surface area contributed by atoms with Gasteiger partial charge in [0.05, 0.1) is 6.54 Å². The first kappa shape index (κ1) is 9.66. The molecule has 0 unspecified atom stereocenters. The number of ether oxygens (including phenoxy) is 2. The molecule has 0 saturated carbocycles. The van der Waals surface area contributed by atoms with Crippen LogP contribution in [0.2, 0.25) is 0 Å². The summed E-state index contributed by atoms with van der Waals surface area (Å²) in [5.74, 6) is 0. The van der Waals surface area contributed by atoms with Crippen molar-refractivity contribution in [1.82, 2.24) is 4.90 Å². The second kappa shape index (κ2) is 3.22. The van der Waals surface area contributed by atoms with Gasteiger partial charge < -0.3 is 9.47 Å². The molecule has 2 heterocycles. The van der Waals surface area contributed by atoms with Crippen LogP contribution in [-0.2, 0) is 15.1 Å². The van der Waals surface area contributed by atoms with E-state index in [0.29, 0.717) is 13.2 Å². The minimum atomic E-state index is -0.370. The molecular formula is C12H13NO3. The molecule has 2 aliphatic heterocycles. The number of hydrogen-bond donors (Lipinski definition) is 0. The van der Waals surface area contributed by atoms with Crippen molar-refractivity contribution in [3.05, 3.63) is 35.9 Å².